The Hall–Kier alpha value is -0.940. The number of aliphatic hydroxyl groups excluding tert-OH is 1. The van der Waals surface area contributed by atoms with E-state index in [-0.39, 0.29) is 18.4 Å². The van der Waals surface area contributed by atoms with E-state index in [0.29, 0.717) is 25.7 Å². The average Bonchev–Trinajstić information content (AvgIpc) is 2.33. The maximum atomic E-state index is 11.5. The van der Waals surface area contributed by atoms with Crippen molar-refractivity contribution >= 4 is 11.8 Å². The van der Waals surface area contributed by atoms with Crippen LogP contribution < -0.4 is 0 Å². The zero-order valence-corrected chi connectivity index (χ0v) is 8.90. The molecule has 1 heterocycles. The van der Waals surface area contributed by atoms with Crippen molar-refractivity contribution in [3.63, 3.8) is 0 Å². The molecule has 1 saturated heterocycles. The lowest BCUT2D eigenvalue weighted by molar-refractivity contribution is -0.148. The van der Waals surface area contributed by atoms with Crippen LogP contribution in [0.2, 0.25) is 0 Å². The maximum absolute atomic E-state index is 11.5. The normalized spacial score (nSPS) is 22.5. The minimum Gasteiger partial charge on any atom is -0.393 e. The Labute approximate surface area is 88.7 Å². The molecule has 0 radical (unpaired) electrons. The fourth-order valence-corrected chi connectivity index (χ4v) is 1.53. The molecule has 0 bridgehead atoms. The van der Waals surface area contributed by atoms with Gasteiger partial charge in [0.15, 0.2) is 0 Å². The number of carbonyl (C=O) groups excluding carboxylic acids is 2. The lowest BCUT2D eigenvalue weighted by Gasteiger charge is -2.28. The average molecular weight is 215 g/mol. The van der Waals surface area contributed by atoms with Crippen molar-refractivity contribution in [2.75, 3.05) is 13.2 Å². The van der Waals surface area contributed by atoms with Crippen LogP contribution in [0.1, 0.15) is 32.6 Å². The molecule has 2 N–H and O–H groups in total. The molecular weight excluding hydrogens is 198 g/mol. The van der Waals surface area contributed by atoms with Crippen molar-refractivity contribution in [3.05, 3.63) is 0 Å². The molecule has 0 spiro atoms. The van der Waals surface area contributed by atoms with E-state index in [9.17, 15) is 14.7 Å². The second kappa shape index (κ2) is 4.72. The summed E-state index contributed by atoms with van der Waals surface area (Å²) in [5.74, 6) is -0.516. The van der Waals surface area contributed by atoms with Crippen LogP contribution >= 0.6 is 0 Å². The third-order valence-corrected chi connectivity index (χ3v) is 2.47. The van der Waals surface area contributed by atoms with E-state index in [1.807, 2.05) is 0 Å². The Kier molecular flexibility index (Phi) is 3.82. The molecule has 1 unspecified atom stereocenters. The Morgan fingerprint density at radius 2 is 1.73 bits per heavy atom. The van der Waals surface area contributed by atoms with E-state index < -0.39 is 12.2 Å². The van der Waals surface area contributed by atoms with E-state index >= 15 is 0 Å². The molecule has 86 valence electrons. The van der Waals surface area contributed by atoms with Gasteiger partial charge in [-0.2, -0.15) is 0 Å². The van der Waals surface area contributed by atoms with Crippen LogP contribution in [0.15, 0.2) is 0 Å². The minimum absolute atomic E-state index is 0.124. The van der Waals surface area contributed by atoms with E-state index in [1.54, 1.807) is 0 Å². The molecule has 0 aromatic heterocycles. The van der Waals surface area contributed by atoms with E-state index in [2.05, 4.69) is 0 Å². The molecular formula is C10H17NO4. The van der Waals surface area contributed by atoms with Gasteiger partial charge in [-0.15, -0.1) is 0 Å². The third kappa shape index (κ3) is 3.28. The van der Waals surface area contributed by atoms with Crippen LogP contribution in [-0.4, -0.2) is 45.7 Å². The highest BCUT2D eigenvalue weighted by atomic mass is 16.3. The molecule has 5 heteroatoms. The van der Waals surface area contributed by atoms with Crippen LogP contribution in [0.5, 0.6) is 0 Å². The number of hydrogen-bond acceptors (Lipinski definition) is 4. The van der Waals surface area contributed by atoms with Gasteiger partial charge in [0.1, 0.15) is 5.60 Å². The lowest BCUT2D eigenvalue weighted by atomic mass is 10.1. The number of hydrogen-bond donors (Lipinski definition) is 2. The summed E-state index contributed by atoms with van der Waals surface area (Å²) in [5.41, 5.74) is -1.41. The van der Waals surface area contributed by atoms with Gasteiger partial charge in [0.2, 0.25) is 11.8 Å². The van der Waals surface area contributed by atoms with Crippen LogP contribution in [0.4, 0.5) is 0 Å². The molecule has 1 fully saturated rings. The van der Waals surface area contributed by atoms with Gasteiger partial charge in [-0.05, 0) is 19.8 Å². The number of nitrogens with zero attached hydrogens (tertiary/aromatic N) is 1. The highest BCUT2D eigenvalue weighted by molar-refractivity contribution is 5.96. The number of rotatable bonds is 3. The Morgan fingerprint density at radius 3 is 2.13 bits per heavy atom. The van der Waals surface area contributed by atoms with Gasteiger partial charge in [0.05, 0.1) is 13.2 Å². The van der Waals surface area contributed by atoms with E-state index in [4.69, 9.17) is 5.11 Å². The summed E-state index contributed by atoms with van der Waals surface area (Å²) in [6, 6.07) is 0. The van der Waals surface area contributed by atoms with Crippen molar-refractivity contribution in [1.82, 2.24) is 4.90 Å². The molecule has 1 aliphatic rings. The second-order valence-corrected chi connectivity index (χ2v) is 4.24. The van der Waals surface area contributed by atoms with Gasteiger partial charge in [-0.3, -0.25) is 14.5 Å². The zero-order valence-electron chi connectivity index (χ0n) is 8.90. The second-order valence-electron chi connectivity index (χ2n) is 4.24. The lowest BCUT2D eigenvalue weighted by Crippen LogP contribution is -2.48. The Balaban J connectivity index is 2.71. The number of likely N-dealkylation sites (tertiary alicyclic amines) is 1. The molecule has 2 amide bonds. The minimum atomic E-state index is -1.41. The highest BCUT2D eigenvalue weighted by Crippen LogP contribution is 2.15. The van der Waals surface area contributed by atoms with Crippen LogP contribution in [-0.2, 0) is 9.59 Å². The number of aliphatic hydroxyl groups is 2. The van der Waals surface area contributed by atoms with E-state index in [1.165, 1.54) is 6.92 Å². The molecule has 0 aliphatic carbocycles. The van der Waals surface area contributed by atoms with Gasteiger partial charge in [-0.1, -0.05) is 0 Å². The van der Waals surface area contributed by atoms with Crippen molar-refractivity contribution in [1.29, 1.82) is 0 Å². The number of carbonyl (C=O) groups is 2. The van der Waals surface area contributed by atoms with E-state index in [0.717, 1.165) is 4.90 Å². The molecule has 1 rings (SSSR count). The first-order chi connectivity index (χ1) is 6.96. The zero-order chi connectivity index (χ0) is 11.5. The highest BCUT2D eigenvalue weighted by Gasteiger charge is 2.31. The van der Waals surface area contributed by atoms with Crippen molar-refractivity contribution in [2.24, 2.45) is 0 Å². The van der Waals surface area contributed by atoms with Crippen molar-refractivity contribution in [3.8, 4) is 0 Å². The number of β-amino-alcohol motifs (C(OH)–C–C–N with tert-alkyl or cyclic N) is 1. The fourth-order valence-electron chi connectivity index (χ4n) is 1.53. The maximum Gasteiger partial charge on any atom is 0.229 e. The molecule has 5 nitrogen and oxygen atoms in total. The van der Waals surface area contributed by atoms with Gasteiger partial charge >= 0.3 is 0 Å². The van der Waals surface area contributed by atoms with Crippen molar-refractivity contribution in [2.45, 2.75) is 38.2 Å². The summed E-state index contributed by atoms with van der Waals surface area (Å²) >= 11 is 0. The van der Waals surface area contributed by atoms with Gasteiger partial charge in [-0.25, -0.2) is 0 Å². The van der Waals surface area contributed by atoms with Crippen LogP contribution in [0, 0.1) is 0 Å². The van der Waals surface area contributed by atoms with Crippen LogP contribution in [0.25, 0.3) is 0 Å². The Morgan fingerprint density at radius 1 is 1.27 bits per heavy atom. The molecule has 1 atom stereocenters. The number of amides is 2. The first kappa shape index (κ1) is 12.1. The number of imide groups is 1. The summed E-state index contributed by atoms with van der Waals surface area (Å²) in [7, 11) is 0. The topological polar surface area (TPSA) is 77.8 Å². The first-order valence-corrected chi connectivity index (χ1v) is 5.13. The Bertz CT molecular complexity index is 244. The smallest absolute Gasteiger partial charge is 0.229 e. The van der Waals surface area contributed by atoms with Gasteiger partial charge in [0, 0.05) is 12.8 Å². The molecule has 0 saturated carbocycles. The molecule has 0 aromatic rings. The quantitative estimate of drug-likeness (QED) is 0.631. The van der Waals surface area contributed by atoms with Gasteiger partial charge in [0.25, 0.3) is 0 Å². The van der Waals surface area contributed by atoms with Gasteiger partial charge < -0.3 is 10.2 Å². The SMILES string of the molecule is CC(O)(CO)CN1C(=O)CCCCC1=O. The summed E-state index contributed by atoms with van der Waals surface area (Å²) < 4.78 is 0. The molecule has 15 heavy (non-hydrogen) atoms. The van der Waals surface area contributed by atoms with Crippen molar-refractivity contribution < 1.29 is 19.8 Å². The van der Waals surface area contributed by atoms with Crippen LogP contribution in [0.3, 0.4) is 0 Å². The first-order valence-electron chi connectivity index (χ1n) is 5.13. The summed E-state index contributed by atoms with van der Waals surface area (Å²) in [6.07, 6.45) is 2.10. The predicted molar refractivity (Wildman–Crippen MR) is 52.9 cm³/mol. The summed E-state index contributed by atoms with van der Waals surface area (Å²) in [4.78, 5) is 24.1. The summed E-state index contributed by atoms with van der Waals surface area (Å²) in [5, 5.41) is 18.5. The third-order valence-electron chi connectivity index (χ3n) is 2.47. The predicted octanol–water partition coefficient (Wildman–Crippen LogP) is -0.341. The standard InChI is InChI=1S/C10H17NO4/c1-10(15,7-12)6-11-8(13)4-2-3-5-9(11)14/h12,15H,2-7H2,1H3. The fraction of sp³-hybridized carbons (Fsp3) is 0.800. The molecule has 1 aliphatic heterocycles. The molecule has 0 aromatic carbocycles. The largest absolute Gasteiger partial charge is 0.393 e. The summed E-state index contributed by atoms with van der Waals surface area (Å²) in [6.45, 7) is 0.809. The monoisotopic (exact) mass is 215 g/mol.